The molecule has 4 nitrogen and oxygen atoms in total. The fraction of sp³-hybridized carbons (Fsp3) is 0. The van der Waals surface area contributed by atoms with E-state index in [9.17, 15) is 10.2 Å². The van der Waals surface area contributed by atoms with Crippen LogP contribution in [0, 0.1) is 0 Å². The maximum absolute atomic E-state index is 10.5. The van der Waals surface area contributed by atoms with Crippen molar-refractivity contribution < 1.29 is 10.2 Å². The summed E-state index contributed by atoms with van der Waals surface area (Å²) in [7, 11) is 0. The van der Waals surface area contributed by atoms with Crippen LogP contribution in [0.5, 0.6) is 11.5 Å². The van der Waals surface area contributed by atoms with Gasteiger partial charge in [0.05, 0.1) is 11.4 Å². The third-order valence-electron chi connectivity index (χ3n) is 4.78. The fourth-order valence-electron chi connectivity index (χ4n) is 3.32. The van der Waals surface area contributed by atoms with Gasteiger partial charge in [-0.2, -0.15) is 0 Å². The van der Waals surface area contributed by atoms with E-state index in [1.54, 1.807) is 12.1 Å². The minimum Gasteiger partial charge on any atom is -0.505 e. The molecule has 4 aromatic carbocycles. The first-order valence-electron chi connectivity index (χ1n) is 8.91. The Morgan fingerprint density at radius 1 is 0.464 bits per heavy atom. The molecule has 0 atom stereocenters. The average molecular weight is 368 g/mol. The van der Waals surface area contributed by atoms with Crippen molar-refractivity contribution in [3.05, 3.63) is 84.9 Å². The highest BCUT2D eigenvalue weighted by Crippen LogP contribution is 2.42. The van der Waals surface area contributed by atoms with E-state index in [-0.39, 0.29) is 22.9 Å². The van der Waals surface area contributed by atoms with Crippen LogP contribution in [-0.4, -0.2) is 10.2 Å². The van der Waals surface area contributed by atoms with E-state index < -0.39 is 0 Å². The predicted molar refractivity (Wildman–Crippen MR) is 115 cm³/mol. The zero-order valence-electron chi connectivity index (χ0n) is 15.1. The van der Waals surface area contributed by atoms with E-state index >= 15 is 0 Å². The molecule has 138 valence electrons. The summed E-state index contributed by atoms with van der Waals surface area (Å²) in [5.41, 5.74) is 17.3. The molecule has 0 radical (unpaired) electrons. The number of rotatable bonds is 3. The van der Waals surface area contributed by atoms with Gasteiger partial charge in [0.25, 0.3) is 0 Å². The van der Waals surface area contributed by atoms with Gasteiger partial charge in [-0.05, 0) is 46.5 Å². The van der Waals surface area contributed by atoms with E-state index in [4.69, 9.17) is 11.5 Å². The first-order chi connectivity index (χ1) is 13.5. The molecular formula is C24H20N2O2. The predicted octanol–water partition coefficient (Wildman–Crippen LogP) is 5.26. The van der Waals surface area contributed by atoms with Crippen LogP contribution in [-0.2, 0) is 0 Å². The van der Waals surface area contributed by atoms with E-state index in [0.717, 1.165) is 22.3 Å². The molecule has 28 heavy (non-hydrogen) atoms. The van der Waals surface area contributed by atoms with Crippen molar-refractivity contribution in [2.45, 2.75) is 0 Å². The minimum atomic E-state index is 0.0463. The lowest BCUT2D eigenvalue weighted by Gasteiger charge is -2.14. The second-order valence-corrected chi connectivity index (χ2v) is 6.66. The lowest BCUT2D eigenvalue weighted by atomic mass is 9.94. The lowest BCUT2D eigenvalue weighted by Crippen LogP contribution is -1.93. The van der Waals surface area contributed by atoms with Gasteiger partial charge in [-0.15, -0.1) is 0 Å². The summed E-state index contributed by atoms with van der Waals surface area (Å²) in [4.78, 5) is 0. The monoisotopic (exact) mass is 368 g/mol. The van der Waals surface area contributed by atoms with Gasteiger partial charge in [-0.3, -0.25) is 0 Å². The molecule has 0 spiro atoms. The molecule has 0 aliphatic heterocycles. The zero-order valence-corrected chi connectivity index (χ0v) is 15.1. The highest BCUT2D eigenvalue weighted by atomic mass is 16.3. The molecule has 0 bridgehead atoms. The second kappa shape index (κ2) is 7.00. The Balaban J connectivity index is 1.91. The molecule has 0 saturated heterocycles. The Morgan fingerprint density at radius 2 is 0.821 bits per heavy atom. The summed E-state index contributed by atoms with van der Waals surface area (Å²) in [5, 5.41) is 20.9. The molecule has 0 aliphatic carbocycles. The normalized spacial score (nSPS) is 10.7. The van der Waals surface area contributed by atoms with Crippen molar-refractivity contribution in [2.75, 3.05) is 11.5 Å². The van der Waals surface area contributed by atoms with Crippen LogP contribution in [0.25, 0.3) is 33.4 Å². The first-order valence-corrected chi connectivity index (χ1v) is 8.91. The number of phenols is 2. The van der Waals surface area contributed by atoms with Crippen LogP contribution in [0.3, 0.4) is 0 Å². The van der Waals surface area contributed by atoms with Crippen LogP contribution in [0.1, 0.15) is 0 Å². The van der Waals surface area contributed by atoms with Crippen molar-refractivity contribution in [2.24, 2.45) is 0 Å². The summed E-state index contributed by atoms with van der Waals surface area (Å²) in [6, 6.07) is 26.3. The van der Waals surface area contributed by atoms with Crippen molar-refractivity contribution in [3.63, 3.8) is 0 Å². The third kappa shape index (κ3) is 3.12. The van der Waals surface area contributed by atoms with Crippen LogP contribution < -0.4 is 11.5 Å². The van der Waals surface area contributed by atoms with E-state index in [0.29, 0.717) is 11.1 Å². The zero-order chi connectivity index (χ0) is 19.7. The number of nitrogens with two attached hydrogens (primary N) is 2. The van der Waals surface area contributed by atoms with E-state index in [1.165, 1.54) is 0 Å². The largest absolute Gasteiger partial charge is 0.505 e. The highest BCUT2D eigenvalue weighted by molar-refractivity contribution is 5.88. The SMILES string of the molecule is Nc1cc(-c2cc(N)c(O)c(-c3ccccc3)c2)cc(-c2ccccc2)c1O. The van der Waals surface area contributed by atoms with Gasteiger partial charge < -0.3 is 21.7 Å². The Hall–Kier alpha value is -3.92. The summed E-state index contributed by atoms with van der Waals surface area (Å²) in [6.45, 7) is 0. The fourth-order valence-corrected chi connectivity index (χ4v) is 3.32. The van der Waals surface area contributed by atoms with E-state index in [2.05, 4.69) is 0 Å². The molecule has 0 aliphatic rings. The maximum atomic E-state index is 10.5. The topological polar surface area (TPSA) is 92.5 Å². The molecule has 4 heteroatoms. The Labute approximate surface area is 163 Å². The molecule has 0 saturated carbocycles. The van der Waals surface area contributed by atoms with Crippen LogP contribution in [0.2, 0.25) is 0 Å². The number of anilines is 2. The summed E-state index contributed by atoms with van der Waals surface area (Å²) >= 11 is 0. The number of aromatic hydroxyl groups is 2. The molecule has 0 fully saturated rings. The number of hydrogen-bond donors (Lipinski definition) is 4. The standard InChI is InChI=1S/C24H20N2O2/c25-21-13-17(11-19(23(21)27)15-7-3-1-4-8-15)18-12-20(24(28)22(26)14-18)16-9-5-2-6-10-16/h1-14,27-28H,25-26H2. The van der Waals surface area contributed by atoms with Gasteiger partial charge >= 0.3 is 0 Å². The molecule has 0 amide bonds. The number of hydrogen-bond acceptors (Lipinski definition) is 4. The van der Waals surface area contributed by atoms with Crippen molar-refractivity contribution >= 4 is 11.4 Å². The third-order valence-corrected chi connectivity index (χ3v) is 4.78. The number of nitrogen functional groups attached to an aromatic ring is 2. The average Bonchev–Trinajstić information content (AvgIpc) is 2.73. The van der Waals surface area contributed by atoms with Gasteiger partial charge in [0, 0.05) is 11.1 Å². The van der Waals surface area contributed by atoms with Gasteiger partial charge in [0.15, 0.2) is 0 Å². The molecule has 4 rings (SSSR count). The molecule has 6 N–H and O–H groups in total. The van der Waals surface area contributed by atoms with Crippen LogP contribution >= 0.6 is 0 Å². The lowest BCUT2D eigenvalue weighted by molar-refractivity contribution is 0.479. The van der Waals surface area contributed by atoms with E-state index in [1.807, 2.05) is 72.8 Å². The number of benzene rings is 4. The molecular weight excluding hydrogens is 348 g/mol. The Kier molecular flexibility index (Phi) is 4.38. The quantitative estimate of drug-likeness (QED) is 0.293. The summed E-state index contributed by atoms with van der Waals surface area (Å²) in [5.74, 6) is 0.0926. The molecule has 0 aromatic heterocycles. The van der Waals surface area contributed by atoms with Gasteiger partial charge in [0.2, 0.25) is 0 Å². The summed E-state index contributed by atoms with van der Waals surface area (Å²) in [6.07, 6.45) is 0. The maximum Gasteiger partial charge on any atom is 0.146 e. The first kappa shape index (κ1) is 17.5. The van der Waals surface area contributed by atoms with Crippen molar-refractivity contribution in [3.8, 4) is 44.9 Å². The second-order valence-electron chi connectivity index (χ2n) is 6.66. The summed E-state index contributed by atoms with van der Waals surface area (Å²) < 4.78 is 0. The van der Waals surface area contributed by atoms with Gasteiger partial charge in [0.1, 0.15) is 11.5 Å². The van der Waals surface area contributed by atoms with Crippen LogP contribution in [0.4, 0.5) is 11.4 Å². The van der Waals surface area contributed by atoms with Crippen molar-refractivity contribution in [1.82, 2.24) is 0 Å². The Bertz CT molecular complexity index is 1050. The Morgan fingerprint density at radius 3 is 1.18 bits per heavy atom. The van der Waals surface area contributed by atoms with Crippen LogP contribution in [0.15, 0.2) is 84.9 Å². The molecule has 4 aromatic rings. The molecule has 0 unspecified atom stereocenters. The smallest absolute Gasteiger partial charge is 0.146 e. The highest BCUT2D eigenvalue weighted by Gasteiger charge is 2.15. The number of phenolic OH excluding ortho intramolecular Hbond substituents is 2. The minimum absolute atomic E-state index is 0.0463. The molecule has 0 heterocycles. The van der Waals surface area contributed by atoms with Gasteiger partial charge in [-0.1, -0.05) is 60.7 Å². The van der Waals surface area contributed by atoms with Crippen molar-refractivity contribution in [1.29, 1.82) is 0 Å². The van der Waals surface area contributed by atoms with Gasteiger partial charge in [-0.25, -0.2) is 0 Å².